The molecule has 2 aliphatic rings. The quantitative estimate of drug-likeness (QED) is 0.588. The van der Waals surface area contributed by atoms with Crippen LogP contribution in [0.25, 0.3) is 0 Å². The van der Waals surface area contributed by atoms with Gasteiger partial charge in [0.25, 0.3) is 0 Å². The van der Waals surface area contributed by atoms with Crippen LogP contribution < -0.4 is 0 Å². The molecular formula is C8H12O6. The van der Waals surface area contributed by atoms with Crippen LogP contribution in [0.1, 0.15) is 13.8 Å². The van der Waals surface area contributed by atoms with Crippen molar-refractivity contribution in [3.63, 3.8) is 0 Å². The third-order valence-electron chi connectivity index (χ3n) is 2.26. The van der Waals surface area contributed by atoms with Crippen molar-refractivity contribution in [1.29, 1.82) is 0 Å². The lowest BCUT2D eigenvalue weighted by molar-refractivity contribution is -0.219. The number of hydrogen-bond acceptors (Lipinski definition) is 5. The zero-order valence-electron chi connectivity index (χ0n) is 7.84. The average molecular weight is 204 g/mol. The predicted octanol–water partition coefficient (Wildman–Crippen LogP) is -0.692. The molecule has 2 fully saturated rings. The van der Waals surface area contributed by atoms with Gasteiger partial charge in [-0.05, 0) is 13.8 Å². The number of aliphatic hydroxyl groups is 1. The third kappa shape index (κ3) is 1.40. The van der Waals surface area contributed by atoms with E-state index in [1.807, 2.05) is 0 Å². The van der Waals surface area contributed by atoms with Crippen LogP contribution in [0.3, 0.4) is 0 Å². The second-order valence-corrected chi connectivity index (χ2v) is 3.85. The number of carboxylic acid groups (broad SMARTS) is 1. The van der Waals surface area contributed by atoms with Crippen LogP contribution in [0.5, 0.6) is 0 Å². The SMILES string of the molecule is CC1(C)O[C@H]2OC(C(=O)O)C(O)[C@@H]2O1. The number of aliphatic carboxylic acids is 1. The number of rotatable bonds is 1. The third-order valence-corrected chi connectivity index (χ3v) is 2.26. The molecule has 2 unspecified atom stereocenters. The maximum absolute atomic E-state index is 10.6. The topological polar surface area (TPSA) is 85.2 Å². The summed E-state index contributed by atoms with van der Waals surface area (Å²) in [5.41, 5.74) is 0. The van der Waals surface area contributed by atoms with Gasteiger partial charge in [0.2, 0.25) is 0 Å². The molecule has 0 saturated carbocycles. The smallest absolute Gasteiger partial charge is 0.335 e. The highest BCUT2D eigenvalue weighted by Gasteiger charge is 2.56. The van der Waals surface area contributed by atoms with Crippen LogP contribution in [0, 0.1) is 0 Å². The summed E-state index contributed by atoms with van der Waals surface area (Å²) >= 11 is 0. The van der Waals surface area contributed by atoms with Crippen molar-refractivity contribution in [2.24, 2.45) is 0 Å². The summed E-state index contributed by atoms with van der Waals surface area (Å²) in [6.07, 6.45) is -3.95. The van der Waals surface area contributed by atoms with Crippen LogP contribution in [-0.4, -0.2) is 46.6 Å². The molecule has 0 aromatic heterocycles. The van der Waals surface area contributed by atoms with E-state index < -0.39 is 36.4 Å². The van der Waals surface area contributed by atoms with Crippen LogP contribution >= 0.6 is 0 Å². The summed E-state index contributed by atoms with van der Waals surface area (Å²) < 4.78 is 15.6. The number of carboxylic acids is 1. The standard InChI is InChI=1S/C8H12O6/c1-8(2)13-5-3(9)4(6(10)11)12-7(5)14-8/h3-5,7,9H,1-2H3,(H,10,11)/t3?,4?,5-,7+/m0/s1. The molecule has 2 aliphatic heterocycles. The fraction of sp³-hybridized carbons (Fsp3) is 0.875. The molecule has 2 heterocycles. The number of aliphatic hydroxyl groups excluding tert-OH is 1. The Balaban J connectivity index is 2.11. The molecule has 2 N–H and O–H groups in total. The summed E-state index contributed by atoms with van der Waals surface area (Å²) in [6.45, 7) is 3.36. The molecule has 0 amide bonds. The molecule has 2 rings (SSSR count). The Morgan fingerprint density at radius 2 is 2.00 bits per heavy atom. The Kier molecular flexibility index (Phi) is 2.04. The van der Waals surface area contributed by atoms with Gasteiger partial charge >= 0.3 is 5.97 Å². The highest BCUT2D eigenvalue weighted by Crippen LogP contribution is 2.37. The van der Waals surface area contributed by atoms with Crippen molar-refractivity contribution in [2.75, 3.05) is 0 Å². The molecule has 0 aliphatic carbocycles. The maximum Gasteiger partial charge on any atom is 0.335 e. The lowest BCUT2D eigenvalue weighted by Gasteiger charge is -2.21. The van der Waals surface area contributed by atoms with E-state index in [9.17, 15) is 9.90 Å². The molecule has 6 heteroatoms. The van der Waals surface area contributed by atoms with Gasteiger partial charge in [-0.25, -0.2) is 4.79 Å². The summed E-state index contributed by atoms with van der Waals surface area (Å²) in [7, 11) is 0. The van der Waals surface area contributed by atoms with Gasteiger partial charge in [-0.1, -0.05) is 0 Å². The van der Waals surface area contributed by atoms with Crippen molar-refractivity contribution in [3.05, 3.63) is 0 Å². The van der Waals surface area contributed by atoms with E-state index in [1.54, 1.807) is 13.8 Å². The lowest BCUT2D eigenvalue weighted by Crippen LogP contribution is -2.38. The zero-order chi connectivity index (χ0) is 10.5. The Morgan fingerprint density at radius 3 is 2.50 bits per heavy atom. The number of carbonyl (C=O) groups is 1. The number of ether oxygens (including phenoxy) is 3. The van der Waals surface area contributed by atoms with E-state index in [4.69, 9.17) is 19.3 Å². The number of fused-ring (bicyclic) bond motifs is 1. The van der Waals surface area contributed by atoms with Gasteiger partial charge in [0.05, 0.1) is 0 Å². The Morgan fingerprint density at radius 1 is 1.36 bits per heavy atom. The molecule has 0 spiro atoms. The normalized spacial score (nSPS) is 45.1. The Hall–Kier alpha value is -0.690. The van der Waals surface area contributed by atoms with E-state index in [1.165, 1.54) is 0 Å². The summed E-state index contributed by atoms with van der Waals surface area (Å²) in [4.78, 5) is 10.6. The van der Waals surface area contributed by atoms with Gasteiger partial charge in [-0.3, -0.25) is 0 Å². The molecule has 4 atom stereocenters. The van der Waals surface area contributed by atoms with E-state index in [2.05, 4.69) is 0 Å². The zero-order valence-corrected chi connectivity index (χ0v) is 7.84. The lowest BCUT2D eigenvalue weighted by atomic mass is 10.1. The van der Waals surface area contributed by atoms with Gasteiger partial charge < -0.3 is 24.4 Å². The second kappa shape index (κ2) is 2.90. The minimum absolute atomic E-state index is 0.717. The maximum atomic E-state index is 10.6. The first-order valence-corrected chi connectivity index (χ1v) is 4.33. The Labute approximate surface area is 80.4 Å². The largest absolute Gasteiger partial charge is 0.479 e. The van der Waals surface area contributed by atoms with Gasteiger partial charge in [-0.15, -0.1) is 0 Å². The second-order valence-electron chi connectivity index (χ2n) is 3.85. The van der Waals surface area contributed by atoms with Crippen LogP contribution in [-0.2, 0) is 19.0 Å². The van der Waals surface area contributed by atoms with E-state index in [-0.39, 0.29) is 0 Å². The van der Waals surface area contributed by atoms with Crippen molar-refractivity contribution in [1.82, 2.24) is 0 Å². The highest BCUT2D eigenvalue weighted by molar-refractivity contribution is 5.73. The molecule has 2 saturated heterocycles. The van der Waals surface area contributed by atoms with Crippen molar-refractivity contribution >= 4 is 5.97 Å². The van der Waals surface area contributed by atoms with Crippen LogP contribution in [0.15, 0.2) is 0 Å². The molecule has 0 aromatic carbocycles. The highest BCUT2D eigenvalue weighted by atomic mass is 16.8. The van der Waals surface area contributed by atoms with E-state index in [0.717, 1.165) is 0 Å². The fourth-order valence-electron chi connectivity index (χ4n) is 1.70. The molecular weight excluding hydrogens is 192 g/mol. The molecule has 6 nitrogen and oxygen atoms in total. The minimum atomic E-state index is -1.26. The first kappa shape index (κ1) is 9.85. The predicted molar refractivity (Wildman–Crippen MR) is 42.3 cm³/mol. The Bertz CT molecular complexity index is 263. The molecule has 80 valence electrons. The molecule has 14 heavy (non-hydrogen) atoms. The van der Waals surface area contributed by atoms with Crippen LogP contribution in [0.2, 0.25) is 0 Å². The summed E-state index contributed by atoms with van der Waals surface area (Å²) in [5, 5.41) is 18.2. The number of hydrogen-bond donors (Lipinski definition) is 2. The average Bonchev–Trinajstić information content (AvgIpc) is 2.46. The van der Waals surface area contributed by atoms with Gasteiger partial charge in [0.1, 0.15) is 12.2 Å². The molecule has 0 bridgehead atoms. The van der Waals surface area contributed by atoms with E-state index in [0.29, 0.717) is 0 Å². The first-order valence-electron chi connectivity index (χ1n) is 4.33. The van der Waals surface area contributed by atoms with E-state index >= 15 is 0 Å². The van der Waals surface area contributed by atoms with Gasteiger partial charge in [0, 0.05) is 0 Å². The first-order chi connectivity index (χ1) is 6.41. The fourth-order valence-corrected chi connectivity index (χ4v) is 1.70. The minimum Gasteiger partial charge on any atom is -0.479 e. The molecule has 0 radical (unpaired) electrons. The van der Waals surface area contributed by atoms with Crippen molar-refractivity contribution in [2.45, 2.75) is 44.2 Å². The van der Waals surface area contributed by atoms with Crippen molar-refractivity contribution < 1.29 is 29.2 Å². The van der Waals surface area contributed by atoms with Crippen molar-refractivity contribution in [3.8, 4) is 0 Å². The molecule has 0 aromatic rings. The van der Waals surface area contributed by atoms with Gasteiger partial charge in [-0.2, -0.15) is 0 Å². The summed E-state index contributed by atoms with van der Waals surface area (Å²) in [5.74, 6) is -2.04. The monoisotopic (exact) mass is 204 g/mol. The summed E-state index contributed by atoms with van der Waals surface area (Å²) in [6, 6.07) is 0. The van der Waals surface area contributed by atoms with Crippen LogP contribution in [0.4, 0.5) is 0 Å². The van der Waals surface area contributed by atoms with Gasteiger partial charge in [0.15, 0.2) is 18.2 Å².